The van der Waals surface area contributed by atoms with Crippen LogP contribution in [0.25, 0.3) is 5.95 Å². The maximum Gasteiger partial charge on any atom is 0.407 e. The van der Waals surface area contributed by atoms with E-state index in [9.17, 15) is 18.7 Å². The first-order valence-corrected chi connectivity index (χ1v) is 10.1. The first-order chi connectivity index (χ1) is 14.7. The van der Waals surface area contributed by atoms with Crippen molar-refractivity contribution in [2.75, 3.05) is 18.4 Å². The molecule has 2 fully saturated rings. The smallest absolute Gasteiger partial charge is 0.407 e. The molecule has 1 saturated carbocycles. The molecule has 1 saturated heterocycles. The molecule has 0 aromatic carbocycles. The van der Waals surface area contributed by atoms with Crippen LogP contribution in [-0.4, -0.2) is 72.1 Å². The Bertz CT molecular complexity index is 953. The van der Waals surface area contributed by atoms with E-state index in [1.807, 2.05) is 0 Å². The summed E-state index contributed by atoms with van der Waals surface area (Å²) in [5, 5.41) is 25.8. The van der Waals surface area contributed by atoms with Crippen LogP contribution in [0.1, 0.15) is 36.9 Å². The van der Waals surface area contributed by atoms with E-state index in [0.717, 1.165) is 5.56 Å². The average Bonchev–Trinajstić information content (AvgIpc) is 3.06. The van der Waals surface area contributed by atoms with Crippen molar-refractivity contribution >= 4 is 11.9 Å². The highest BCUT2D eigenvalue weighted by Crippen LogP contribution is 2.34. The third-order valence-corrected chi connectivity index (χ3v) is 5.52. The number of aliphatic hydroxyl groups is 1. The van der Waals surface area contributed by atoms with Crippen LogP contribution in [0, 0.1) is 6.92 Å². The van der Waals surface area contributed by atoms with Gasteiger partial charge in [-0.3, -0.25) is 0 Å². The number of rotatable bonds is 6. The molecule has 0 atom stereocenters. The van der Waals surface area contributed by atoms with Crippen molar-refractivity contribution in [3.63, 3.8) is 0 Å². The molecule has 1 aliphatic heterocycles. The van der Waals surface area contributed by atoms with Crippen LogP contribution < -0.4 is 10.1 Å². The molecule has 31 heavy (non-hydrogen) atoms. The van der Waals surface area contributed by atoms with E-state index >= 15 is 0 Å². The number of carbonyl (C=O) groups is 1. The number of anilines is 1. The Balaban J connectivity index is 1.55. The molecule has 0 spiro atoms. The van der Waals surface area contributed by atoms with Gasteiger partial charge < -0.3 is 25.2 Å². The molecule has 0 bridgehead atoms. The molecule has 3 N–H and O–H groups in total. The molecule has 1 aliphatic carbocycles. The van der Waals surface area contributed by atoms with E-state index in [2.05, 4.69) is 20.4 Å². The minimum atomic E-state index is -2.63. The third-order valence-electron chi connectivity index (χ3n) is 5.52. The van der Waals surface area contributed by atoms with Gasteiger partial charge in [0.25, 0.3) is 5.95 Å². The van der Waals surface area contributed by atoms with Crippen molar-refractivity contribution in [1.82, 2.24) is 24.6 Å². The zero-order chi connectivity index (χ0) is 22.2. The molecular weight excluding hydrogens is 414 g/mol. The maximum absolute atomic E-state index is 13.5. The van der Waals surface area contributed by atoms with E-state index in [1.54, 1.807) is 19.2 Å². The SMILES string of the molecule is Cc1cn(-c2nc(NC3CCC(F)(F)CC3)cc(OC3CN(C(=O)O)C3)n2)nc1CO. The van der Waals surface area contributed by atoms with E-state index in [0.29, 0.717) is 24.4 Å². The van der Waals surface area contributed by atoms with Gasteiger partial charge in [-0.2, -0.15) is 15.1 Å². The molecule has 2 aromatic rings. The highest BCUT2D eigenvalue weighted by atomic mass is 19.3. The molecule has 2 aliphatic rings. The number of likely N-dealkylation sites (tertiary alicyclic amines) is 1. The Morgan fingerprint density at radius 3 is 2.65 bits per heavy atom. The monoisotopic (exact) mass is 438 g/mol. The number of aryl methyl sites for hydroxylation is 1. The molecule has 0 radical (unpaired) electrons. The fraction of sp³-hybridized carbons (Fsp3) is 0.579. The van der Waals surface area contributed by atoms with Gasteiger partial charge in [-0.1, -0.05) is 0 Å². The van der Waals surface area contributed by atoms with Gasteiger partial charge in [0.15, 0.2) is 0 Å². The number of aromatic nitrogens is 4. The predicted molar refractivity (Wildman–Crippen MR) is 105 cm³/mol. The maximum atomic E-state index is 13.5. The largest absolute Gasteiger partial charge is 0.470 e. The summed E-state index contributed by atoms with van der Waals surface area (Å²) >= 11 is 0. The number of aliphatic hydroxyl groups excluding tert-OH is 1. The van der Waals surface area contributed by atoms with E-state index < -0.39 is 12.0 Å². The van der Waals surface area contributed by atoms with Crippen LogP contribution >= 0.6 is 0 Å². The second kappa shape index (κ2) is 8.25. The van der Waals surface area contributed by atoms with Gasteiger partial charge in [-0.05, 0) is 25.3 Å². The second-order valence-corrected chi connectivity index (χ2v) is 7.95. The highest BCUT2D eigenvalue weighted by molar-refractivity contribution is 5.66. The normalized spacial score (nSPS) is 19.2. The first kappa shape index (κ1) is 21.2. The Morgan fingerprint density at radius 2 is 2.03 bits per heavy atom. The van der Waals surface area contributed by atoms with Crippen molar-refractivity contribution in [1.29, 1.82) is 0 Å². The number of nitrogens with zero attached hydrogens (tertiary/aromatic N) is 5. The summed E-state index contributed by atoms with van der Waals surface area (Å²) in [6.07, 6.45) is 0.581. The fourth-order valence-corrected chi connectivity index (χ4v) is 3.64. The number of halogens is 2. The van der Waals surface area contributed by atoms with Crippen molar-refractivity contribution in [3.05, 3.63) is 23.5 Å². The topological polar surface area (TPSA) is 126 Å². The zero-order valence-corrected chi connectivity index (χ0v) is 17.0. The van der Waals surface area contributed by atoms with Gasteiger partial charge in [0, 0.05) is 31.1 Å². The van der Waals surface area contributed by atoms with Crippen molar-refractivity contribution in [2.45, 2.75) is 57.3 Å². The van der Waals surface area contributed by atoms with Gasteiger partial charge in [0.05, 0.1) is 25.4 Å². The standard InChI is InChI=1S/C19H24F2N6O4/c1-11-7-27(25-14(11)10-28)17-23-15(22-12-2-4-19(20,21)5-3-12)6-16(24-17)31-13-8-26(9-13)18(29)30/h6-7,12-13,28H,2-5,8-10H2,1H3,(H,29,30)(H,22,23,24). The number of amides is 1. The van der Waals surface area contributed by atoms with E-state index in [4.69, 9.17) is 9.84 Å². The molecule has 3 heterocycles. The Labute approximate surface area is 176 Å². The fourth-order valence-electron chi connectivity index (χ4n) is 3.64. The molecule has 4 rings (SSSR count). The van der Waals surface area contributed by atoms with Crippen LogP contribution in [0.5, 0.6) is 5.88 Å². The van der Waals surface area contributed by atoms with Crippen molar-refractivity contribution in [2.24, 2.45) is 0 Å². The summed E-state index contributed by atoms with van der Waals surface area (Å²) in [5.74, 6) is -1.80. The molecule has 12 heteroatoms. The Morgan fingerprint density at radius 1 is 1.32 bits per heavy atom. The minimum Gasteiger partial charge on any atom is -0.470 e. The number of nitrogens with one attached hydrogen (secondary N) is 1. The lowest BCUT2D eigenvalue weighted by atomic mass is 9.92. The zero-order valence-electron chi connectivity index (χ0n) is 17.0. The van der Waals surface area contributed by atoms with Crippen molar-refractivity contribution < 1.29 is 28.5 Å². The minimum absolute atomic E-state index is 0.159. The second-order valence-electron chi connectivity index (χ2n) is 7.95. The van der Waals surface area contributed by atoms with Gasteiger partial charge in [0.2, 0.25) is 11.8 Å². The summed E-state index contributed by atoms with van der Waals surface area (Å²) in [6, 6.07) is 1.41. The van der Waals surface area contributed by atoms with Crippen LogP contribution in [0.3, 0.4) is 0 Å². The number of carboxylic acid groups (broad SMARTS) is 1. The lowest BCUT2D eigenvalue weighted by Gasteiger charge is -2.36. The first-order valence-electron chi connectivity index (χ1n) is 10.1. The van der Waals surface area contributed by atoms with Crippen LogP contribution in [-0.2, 0) is 6.61 Å². The molecule has 1 amide bonds. The van der Waals surface area contributed by atoms with Gasteiger partial charge >= 0.3 is 6.09 Å². The average molecular weight is 438 g/mol. The number of alkyl halides is 2. The predicted octanol–water partition coefficient (Wildman–Crippen LogP) is 2.19. The summed E-state index contributed by atoms with van der Waals surface area (Å²) in [6.45, 7) is 2.02. The highest BCUT2D eigenvalue weighted by Gasteiger charge is 2.35. The van der Waals surface area contributed by atoms with E-state index in [-0.39, 0.29) is 56.5 Å². The van der Waals surface area contributed by atoms with Gasteiger partial charge in [-0.15, -0.1) is 0 Å². The van der Waals surface area contributed by atoms with Gasteiger partial charge in [0.1, 0.15) is 11.9 Å². The summed E-state index contributed by atoms with van der Waals surface area (Å²) in [5.41, 5.74) is 1.24. The molecule has 168 valence electrons. The van der Waals surface area contributed by atoms with Crippen LogP contribution in [0.2, 0.25) is 0 Å². The summed E-state index contributed by atoms with van der Waals surface area (Å²) < 4.78 is 34.2. The molecule has 10 nitrogen and oxygen atoms in total. The van der Waals surface area contributed by atoms with Crippen molar-refractivity contribution in [3.8, 4) is 11.8 Å². The quantitative estimate of drug-likeness (QED) is 0.627. The lowest BCUT2D eigenvalue weighted by molar-refractivity contribution is -0.0361. The summed E-state index contributed by atoms with van der Waals surface area (Å²) in [7, 11) is 0. The summed E-state index contributed by atoms with van der Waals surface area (Å²) in [4.78, 5) is 21.0. The third kappa shape index (κ3) is 4.84. The Hall–Kier alpha value is -3.02. The number of hydrogen-bond acceptors (Lipinski definition) is 7. The van der Waals surface area contributed by atoms with Gasteiger partial charge in [-0.25, -0.2) is 18.3 Å². The number of hydrogen-bond donors (Lipinski definition) is 3. The number of ether oxygens (including phenoxy) is 1. The molecule has 2 aromatic heterocycles. The van der Waals surface area contributed by atoms with Crippen LogP contribution in [0.4, 0.5) is 19.4 Å². The Kier molecular flexibility index (Phi) is 5.65. The molecular formula is C19H24F2N6O4. The molecule has 0 unspecified atom stereocenters. The van der Waals surface area contributed by atoms with E-state index in [1.165, 1.54) is 9.58 Å². The lowest BCUT2D eigenvalue weighted by Crippen LogP contribution is -2.55. The van der Waals surface area contributed by atoms with Crippen LogP contribution in [0.15, 0.2) is 12.3 Å².